The Morgan fingerprint density at radius 3 is 2.42 bits per heavy atom. The second kappa shape index (κ2) is 10.4. The van der Waals surface area contributed by atoms with Crippen molar-refractivity contribution in [1.29, 1.82) is 0 Å². The number of aryl methyl sites for hydroxylation is 1. The summed E-state index contributed by atoms with van der Waals surface area (Å²) in [7, 11) is -3.84. The molecule has 174 valence electrons. The summed E-state index contributed by atoms with van der Waals surface area (Å²) in [5.74, 6) is -0.427. The number of benzene rings is 2. The number of hydrogen-bond donors (Lipinski definition) is 1. The molecule has 1 N–H and O–H groups in total. The molecule has 1 aliphatic rings. The molecule has 2 aromatic carbocycles. The highest BCUT2D eigenvalue weighted by molar-refractivity contribution is 7.93. The topological polar surface area (TPSA) is 82.6 Å². The lowest BCUT2D eigenvalue weighted by atomic mass is 10.2. The van der Waals surface area contributed by atoms with Gasteiger partial charge in [-0.15, -0.1) is 11.3 Å². The second-order valence-electron chi connectivity index (χ2n) is 7.85. The number of carbonyl (C=O) groups excluding carboxylic acids is 1. The van der Waals surface area contributed by atoms with E-state index in [-0.39, 0.29) is 15.9 Å². The third-order valence-corrected chi connectivity index (χ3v) is 7.76. The van der Waals surface area contributed by atoms with Gasteiger partial charge in [-0.25, -0.2) is 17.8 Å². The molecular formula is C23H25FN4O3S2. The van der Waals surface area contributed by atoms with Gasteiger partial charge in [0.2, 0.25) is 5.91 Å². The number of piperazine rings is 1. The highest BCUT2D eigenvalue weighted by Crippen LogP contribution is 2.21. The molecule has 1 aliphatic heterocycles. The van der Waals surface area contributed by atoms with Gasteiger partial charge in [-0.05, 0) is 36.2 Å². The van der Waals surface area contributed by atoms with Crippen LogP contribution in [0.25, 0.3) is 0 Å². The van der Waals surface area contributed by atoms with Crippen molar-refractivity contribution in [3.05, 3.63) is 77.1 Å². The lowest BCUT2D eigenvalue weighted by Crippen LogP contribution is -2.48. The van der Waals surface area contributed by atoms with Crippen LogP contribution in [-0.4, -0.2) is 55.3 Å². The molecule has 0 atom stereocenters. The zero-order valence-electron chi connectivity index (χ0n) is 18.0. The van der Waals surface area contributed by atoms with Gasteiger partial charge < -0.3 is 4.90 Å². The summed E-state index contributed by atoms with van der Waals surface area (Å²) in [5.41, 5.74) is 1.93. The third kappa shape index (κ3) is 6.37. The average molecular weight is 489 g/mol. The summed E-state index contributed by atoms with van der Waals surface area (Å²) in [6.07, 6.45) is 0.768. The second-order valence-corrected chi connectivity index (χ2v) is 10.4. The first-order valence-electron chi connectivity index (χ1n) is 10.7. The van der Waals surface area contributed by atoms with Crippen LogP contribution in [0.15, 0.2) is 64.9 Å². The molecule has 4 rings (SSSR count). The maximum atomic E-state index is 13.0. The molecular weight excluding hydrogens is 463 g/mol. The number of halogens is 1. The van der Waals surface area contributed by atoms with E-state index in [9.17, 15) is 17.6 Å². The number of hydrogen-bond acceptors (Lipinski definition) is 6. The van der Waals surface area contributed by atoms with Gasteiger partial charge in [0.15, 0.2) is 5.13 Å². The summed E-state index contributed by atoms with van der Waals surface area (Å²) in [6.45, 7) is 3.97. The van der Waals surface area contributed by atoms with Crippen molar-refractivity contribution < 1.29 is 17.6 Å². The fraction of sp³-hybridized carbons (Fsp3) is 0.304. The van der Waals surface area contributed by atoms with E-state index >= 15 is 0 Å². The molecule has 0 bridgehead atoms. The van der Waals surface area contributed by atoms with Crippen molar-refractivity contribution in [3.8, 4) is 0 Å². The number of aromatic nitrogens is 1. The first-order valence-corrected chi connectivity index (χ1v) is 13.0. The molecule has 33 heavy (non-hydrogen) atoms. The summed E-state index contributed by atoms with van der Waals surface area (Å²) >= 11 is 1.16. The zero-order chi connectivity index (χ0) is 23.3. The molecule has 3 aromatic rings. The van der Waals surface area contributed by atoms with Gasteiger partial charge in [-0.2, -0.15) is 0 Å². The van der Waals surface area contributed by atoms with E-state index in [0.717, 1.165) is 43.1 Å². The summed E-state index contributed by atoms with van der Waals surface area (Å²) in [5, 5.41) is 1.96. The van der Waals surface area contributed by atoms with E-state index in [0.29, 0.717) is 31.6 Å². The van der Waals surface area contributed by atoms with Crippen LogP contribution in [0.4, 0.5) is 9.52 Å². The molecule has 1 fully saturated rings. The van der Waals surface area contributed by atoms with Crippen LogP contribution in [0.3, 0.4) is 0 Å². The van der Waals surface area contributed by atoms with Crippen molar-refractivity contribution in [2.24, 2.45) is 0 Å². The maximum absolute atomic E-state index is 13.0. The van der Waals surface area contributed by atoms with Crippen LogP contribution >= 0.6 is 11.3 Å². The number of sulfonamides is 1. The Balaban J connectivity index is 1.24. The Labute approximate surface area is 196 Å². The number of rotatable bonds is 8. The molecule has 2 heterocycles. The Kier molecular flexibility index (Phi) is 7.36. The van der Waals surface area contributed by atoms with E-state index < -0.39 is 15.8 Å². The minimum Gasteiger partial charge on any atom is -0.340 e. The molecule has 0 saturated carbocycles. The van der Waals surface area contributed by atoms with Crippen molar-refractivity contribution >= 4 is 32.4 Å². The van der Waals surface area contributed by atoms with Gasteiger partial charge in [-0.1, -0.05) is 30.3 Å². The van der Waals surface area contributed by atoms with Gasteiger partial charge in [0.05, 0.1) is 10.6 Å². The Morgan fingerprint density at radius 2 is 1.73 bits per heavy atom. The predicted molar refractivity (Wildman–Crippen MR) is 126 cm³/mol. The SMILES string of the molecule is O=C(CCc1csc(NS(=O)(=O)c2ccc(F)cc2)n1)N1CCN(Cc2ccccc2)CC1. The van der Waals surface area contributed by atoms with E-state index in [1.165, 1.54) is 17.7 Å². The summed E-state index contributed by atoms with van der Waals surface area (Å²) < 4.78 is 40.3. The van der Waals surface area contributed by atoms with Gasteiger partial charge in [0, 0.05) is 44.5 Å². The van der Waals surface area contributed by atoms with Crippen LogP contribution < -0.4 is 4.72 Å². The predicted octanol–water partition coefficient (Wildman–Crippen LogP) is 3.36. The smallest absolute Gasteiger partial charge is 0.263 e. The molecule has 1 amide bonds. The minimum absolute atomic E-state index is 0.0396. The molecule has 0 unspecified atom stereocenters. The minimum atomic E-state index is -3.84. The van der Waals surface area contributed by atoms with Gasteiger partial charge >= 0.3 is 0 Å². The van der Waals surface area contributed by atoms with Crippen LogP contribution in [0.2, 0.25) is 0 Å². The molecule has 0 aliphatic carbocycles. The van der Waals surface area contributed by atoms with Gasteiger partial charge in [0.25, 0.3) is 10.0 Å². The first kappa shape index (κ1) is 23.3. The van der Waals surface area contributed by atoms with Crippen LogP contribution in [-0.2, 0) is 27.8 Å². The monoisotopic (exact) mass is 488 g/mol. The van der Waals surface area contributed by atoms with E-state index in [4.69, 9.17) is 0 Å². The van der Waals surface area contributed by atoms with Crippen molar-refractivity contribution in [3.63, 3.8) is 0 Å². The lowest BCUT2D eigenvalue weighted by molar-refractivity contribution is -0.133. The molecule has 1 aromatic heterocycles. The molecule has 7 nitrogen and oxygen atoms in total. The quantitative estimate of drug-likeness (QED) is 0.526. The van der Waals surface area contributed by atoms with Crippen molar-refractivity contribution in [2.75, 3.05) is 30.9 Å². The highest BCUT2D eigenvalue weighted by Gasteiger charge is 2.21. The molecule has 10 heteroatoms. The van der Waals surface area contributed by atoms with E-state index in [1.54, 1.807) is 5.38 Å². The van der Waals surface area contributed by atoms with E-state index in [1.807, 2.05) is 23.1 Å². The van der Waals surface area contributed by atoms with Crippen LogP contribution in [0, 0.1) is 5.82 Å². The standard InChI is InChI=1S/C23H25FN4O3S2/c24-19-6-9-21(10-7-19)33(30,31)26-23-25-20(17-32-23)8-11-22(29)28-14-12-27(13-15-28)16-18-4-2-1-3-5-18/h1-7,9-10,17H,8,11-16H2,(H,25,26). The summed E-state index contributed by atoms with van der Waals surface area (Å²) in [6, 6.07) is 14.9. The largest absolute Gasteiger partial charge is 0.340 e. The third-order valence-electron chi connectivity index (χ3n) is 5.47. The van der Waals surface area contributed by atoms with Crippen LogP contribution in [0.5, 0.6) is 0 Å². The normalized spacial score (nSPS) is 14.9. The first-order chi connectivity index (χ1) is 15.9. The maximum Gasteiger partial charge on any atom is 0.263 e. The Bertz CT molecular complexity index is 1180. The van der Waals surface area contributed by atoms with Crippen molar-refractivity contribution in [1.82, 2.24) is 14.8 Å². The number of nitrogens with one attached hydrogen (secondary N) is 1. The van der Waals surface area contributed by atoms with Gasteiger partial charge in [0.1, 0.15) is 5.82 Å². The number of carbonyl (C=O) groups is 1. The Morgan fingerprint density at radius 1 is 1.03 bits per heavy atom. The van der Waals surface area contributed by atoms with Gasteiger partial charge in [-0.3, -0.25) is 14.4 Å². The molecule has 0 spiro atoms. The van der Waals surface area contributed by atoms with Crippen LogP contribution in [0.1, 0.15) is 17.7 Å². The van der Waals surface area contributed by atoms with E-state index in [2.05, 4.69) is 26.7 Å². The zero-order valence-corrected chi connectivity index (χ0v) is 19.6. The fourth-order valence-corrected chi connectivity index (χ4v) is 5.64. The molecule has 1 saturated heterocycles. The lowest BCUT2D eigenvalue weighted by Gasteiger charge is -2.34. The number of nitrogens with zero attached hydrogens (tertiary/aromatic N) is 3. The molecule has 0 radical (unpaired) electrons. The summed E-state index contributed by atoms with van der Waals surface area (Å²) in [4.78, 5) is 21.1. The highest BCUT2D eigenvalue weighted by atomic mass is 32.2. The number of amides is 1. The number of thiazole rings is 1. The number of anilines is 1. The van der Waals surface area contributed by atoms with Crippen molar-refractivity contribution in [2.45, 2.75) is 24.3 Å². The fourth-order valence-electron chi connectivity index (χ4n) is 3.65. The average Bonchev–Trinajstić information content (AvgIpc) is 3.25. The Hall–Kier alpha value is -2.82.